The number of amides is 2. The normalized spacial score (nSPS) is 27.8. The molecule has 0 atom stereocenters. The summed E-state index contributed by atoms with van der Waals surface area (Å²) in [6.07, 6.45) is 7.34. The van der Waals surface area contributed by atoms with Crippen molar-refractivity contribution in [3.8, 4) is 0 Å². The Morgan fingerprint density at radius 1 is 0.875 bits per heavy atom. The molecule has 1 heterocycles. The van der Waals surface area contributed by atoms with Crippen LogP contribution in [0.5, 0.6) is 0 Å². The number of hydrogen-bond donors (Lipinski definition) is 2. The third kappa shape index (κ3) is 2.67. The van der Waals surface area contributed by atoms with Crippen LogP contribution in [0.25, 0.3) is 0 Å². The van der Waals surface area contributed by atoms with Crippen LogP contribution < -0.4 is 10.6 Å². The van der Waals surface area contributed by atoms with E-state index >= 15 is 0 Å². The fourth-order valence-electron chi connectivity index (χ4n) is 2.49. The number of carbonyl (C=O) groups excluding carboxylic acids is 1. The molecule has 0 aromatic carbocycles. The first kappa shape index (κ1) is 10.4. The van der Waals surface area contributed by atoms with Gasteiger partial charge in [0.15, 0.2) is 0 Å². The van der Waals surface area contributed by atoms with Gasteiger partial charge in [-0.1, -0.05) is 0 Å². The lowest BCUT2D eigenvalue weighted by Crippen LogP contribution is -2.48. The molecule has 90 valence electrons. The minimum absolute atomic E-state index is 0.0485. The van der Waals surface area contributed by atoms with Gasteiger partial charge in [0.05, 0.1) is 0 Å². The quantitative estimate of drug-likeness (QED) is 0.752. The van der Waals surface area contributed by atoms with E-state index < -0.39 is 0 Å². The van der Waals surface area contributed by atoms with Crippen molar-refractivity contribution in [2.45, 2.75) is 56.7 Å². The minimum Gasteiger partial charge on any atom is -0.335 e. The van der Waals surface area contributed by atoms with Gasteiger partial charge in [-0.05, 0) is 38.5 Å². The molecular formula is C12H21N3O. The highest BCUT2D eigenvalue weighted by molar-refractivity contribution is 5.74. The number of nitrogens with zero attached hydrogens (tertiary/aromatic N) is 1. The highest BCUT2D eigenvalue weighted by atomic mass is 16.2. The number of piperidine rings is 1. The summed E-state index contributed by atoms with van der Waals surface area (Å²) in [7, 11) is 0. The summed E-state index contributed by atoms with van der Waals surface area (Å²) in [5.74, 6) is 0. The third-order valence-corrected chi connectivity index (χ3v) is 3.84. The molecule has 0 unspecified atom stereocenters. The smallest absolute Gasteiger partial charge is 0.315 e. The predicted molar refractivity (Wildman–Crippen MR) is 62.3 cm³/mol. The fraction of sp³-hybridized carbons (Fsp3) is 0.917. The van der Waals surface area contributed by atoms with E-state index in [-0.39, 0.29) is 6.03 Å². The average Bonchev–Trinajstić information content (AvgIpc) is 3.13. The van der Waals surface area contributed by atoms with Crippen molar-refractivity contribution in [3.05, 3.63) is 0 Å². The molecule has 0 aromatic heterocycles. The van der Waals surface area contributed by atoms with Gasteiger partial charge in [0.2, 0.25) is 0 Å². The number of nitrogens with one attached hydrogen (secondary N) is 2. The van der Waals surface area contributed by atoms with Gasteiger partial charge in [-0.15, -0.1) is 0 Å². The standard InChI is InChI=1S/C12H21N3O/c16-12(13-9-1-2-9)14-10-5-7-15(8-6-10)11-3-4-11/h9-11H,1-8H2,(H2,13,14,16). The molecule has 0 spiro atoms. The van der Waals surface area contributed by atoms with E-state index in [1.807, 2.05) is 0 Å². The second-order valence-corrected chi connectivity index (χ2v) is 5.43. The molecule has 0 aromatic rings. The Morgan fingerprint density at radius 2 is 1.44 bits per heavy atom. The second-order valence-electron chi connectivity index (χ2n) is 5.43. The van der Waals surface area contributed by atoms with Gasteiger partial charge < -0.3 is 15.5 Å². The van der Waals surface area contributed by atoms with Crippen molar-refractivity contribution in [2.24, 2.45) is 0 Å². The summed E-state index contributed by atoms with van der Waals surface area (Å²) in [6, 6.07) is 1.79. The van der Waals surface area contributed by atoms with Crippen LogP contribution in [-0.4, -0.2) is 42.1 Å². The van der Waals surface area contributed by atoms with Crippen LogP contribution in [0.1, 0.15) is 38.5 Å². The maximum Gasteiger partial charge on any atom is 0.315 e. The second kappa shape index (κ2) is 4.24. The molecule has 3 rings (SSSR count). The van der Waals surface area contributed by atoms with Crippen molar-refractivity contribution in [3.63, 3.8) is 0 Å². The molecule has 2 aliphatic carbocycles. The summed E-state index contributed by atoms with van der Waals surface area (Å²) in [5, 5.41) is 6.08. The van der Waals surface area contributed by atoms with Gasteiger partial charge in [-0.3, -0.25) is 0 Å². The van der Waals surface area contributed by atoms with Gasteiger partial charge in [-0.25, -0.2) is 4.79 Å². The van der Waals surface area contributed by atoms with E-state index in [0.717, 1.165) is 31.7 Å². The summed E-state index contributed by atoms with van der Waals surface area (Å²) >= 11 is 0. The Morgan fingerprint density at radius 3 is 1.94 bits per heavy atom. The van der Waals surface area contributed by atoms with Crippen LogP contribution >= 0.6 is 0 Å². The monoisotopic (exact) mass is 223 g/mol. The van der Waals surface area contributed by atoms with Crippen LogP contribution in [0.2, 0.25) is 0 Å². The average molecular weight is 223 g/mol. The van der Waals surface area contributed by atoms with Crippen LogP contribution in [0, 0.1) is 0 Å². The van der Waals surface area contributed by atoms with Crippen molar-refractivity contribution in [1.82, 2.24) is 15.5 Å². The van der Waals surface area contributed by atoms with Crippen molar-refractivity contribution in [1.29, 1.82) is 0 Å². The SMILES string of the molecule is O=C(NC1CC1)NC1CCN(C2CC2)CC1. The first-order valence-corrected chi connectivity index (χ1v) is 6.62. The zero-order chi connectivity index (χ0) is 11.0. The molecule has 2 saturated carbocycles. The Labute approximate surface area is 96.8 Å². The highest BCUT2D eigenvalue weighted by Gasteiger charge is 2.32. The van der Waals surface area contributed by atoms with Crippen LogP contribution in [0.15, 0.2) is 0 Å². The van der Waals surface area contributed by atoms with E-state index in [0.29, 0.717) is 12.1 Å². The number of rotatable bonds is 3. The summed E-state index contributed by atoms with van der Waals surface area (Å²) < 4.78 is 0. The lowest BCUT2D eigenvalue weighted by Gasteiger charge is -2.32. The van der Waals surface area contributed by atoms with Crippen molar-refractivity contribution < 1.29 is 4.79 Å². The molecule has 2 N–H and O–H groups in total. The van der Waals surface area contributed by atoms with Crippen LogP contribution in [0.4, 0.5) is 4.79 Å². The molecule has 0 bridgehead atoms. The Hall–Kier alpha value is -0.770. The maximum absolute atomic E-state index is 11.6. The molecule has 4 nitrogen and oxygen atoms in total. The first-order chi connectivity index (χ1) is 7.81. The number of likely N-dealkylation sites (tertiary alicyclic amines) is 1. The predicted octanol–water partition coefficient (Wildman–Crippen LogP) is 1.07. The zero-order valence-electron chi connectivity index (χ0n) is 9.74. The van der Waals surface area contributed by atoms with E-state index in [1.165, 1.54) is 25.9 Å². The Bertz CT molecular complexity index is 265. The van der Waals surface area contributed by atoms with Gasteiger partial charge >= 0.3 is 6.03 Å². The zero-order valence-corrected chi connectivity index (χ0v) is 9.74. The molecule has 1 saturated heterocycles. The van der Waals surface area contributed by atoms with Gasteiger partial charge in [0, 0.05) is 31.2 Å². The van der Waals surface area contributed by atoms with E-state index in [1.54, 1.807) is 0 Å². The first-order valence-electron chi connectivity index (χ1n) is 6.62. The van der Waals surface area contributed by atoms with Crippen molar-refractivity contribution >= 4 is 6.03 Å². The maximum atomic E-state index is 11.6. The largest absolute Gasteiger partial charge is 0.335 e. The minimum atomic E-state index is 0.0485. The van der Waals surface area contributed by atoms with E-state index in [2.05, 4.69) is 15.5 Å². The Kier molecular flexibility index (Phi) is 2.75. The molecule has 1 aliphatic heterocycles. The summed E-state index contributed by atoms with van der Waals surface area (Å²) in [6.45, 7) is 2.33. The lowest BCUT2D eigenvalue weighted by molar-refractivity contribution is 0.186. The van der Waals surface area contributed by atoms with Gasteiger partial charge in [-0.2, -0.15) is 0 Å². The molecule has 3 fully saturated rings. The molecular weight excluding hydrogens is 202 g/mol. The Balaban J connectivity index is 1.37. The topological polar surface area (TPSA) is 44.4 Å². The number of carbonyl (C=O) groups is 1. The molecule has 4 heteroatoms. The number of urea groups is 1. The van der Waals surface area contributed by atoms with E-state index in [9.17, 15) is 4.79 Å². The summed E-state index contributed by atoms with van der Waals surface area (Å²) in [4.78, 5) is 14.1. The lowest BCUT2D eigenvalue weighted by atomic mass is 10.1. The number of hydrogen-bond acceptors (Lipinski definition) is 2. The molecule has 16 heavy (non-hydrogen) atoms. The van der Waals surface area contributed by atoms with Gasteiger partial charge in [0.1, 0.15) is 0 Å². The molecule has 2 amide bonds. The highest BCUT2D eigenvalue weighted by Crippen LogP contribution is 2.29. The van der Waals surface area contributed by atoms with Crippen molar-refractivity contribution in [2.75, 3.05) is 13.1 Å². The molecule has 3 aliphatic rings. The van der Waals surface area contributed by atoms with Gasteiger partial charge in [0.25, 0.3) is 0 Å². The summed E-state index contributed by atoms with van der Waals surface area (Å²) in [5.41, 5.74) is 0. The van der Waals surface area contributed by atoms with Crippen LogP contribution in [-0.2, 0) is 0 Å². The van der Waals surface area contributed by atoms with E-state index in [4.69, 9.17) is 0 Å². The fourth-order valence-corrected chi connectivity index (χ4v) is 2.49. The third-order valence-electron chi connectivity index (χ3n) is 3.84. The molecule has 0 radical (unpaired) electrons. The van der Waals surface area contributed by atoms with Crippen LogP contribution in [0.3, 0.4) is 0 Å².